The zero-order valence-electron chi connectivity index (χ0n) is 9.73. The van der Waals surface area contributed by atoms with Crippen LogP contribution in [0.3, 0.4) is 0 Å². The minimum Gasteiger partial charge on any atom is -0.478 e. The summed E-state index contributed by atoms with van der Waals surface area (Å²) in [6, 6.07) is 6.00. The zero-order chi connectivity index (χ0) is 13.8. The number of hydrogen-bond acceptors (Lipinski definition) is 3. The molecule has 0 saturated heterocycles. The lowest BCUT2D eigenvalue weighted by molar-refractivity contribution is 0.0696. The van der Waals surface area contributed by atoms with Gasteiger partial charge in [-0.15, -0.1) is 0 Å². The fourth-order valence-electron chi connectivity index (χ4n) is 1.47. The summed E-state index contributed by atoms with van der Waals surface area (Å²) < 4.78 is 26.2. The highest BCUT2D eigenvalue weighted by molar-refractivity contribution is 5.87. The molecule has 98 valence electrons. The van der Waals surface area contributed by atoms with E-state index in [-0.39, 0.29) is 17.8 Å². The molecule has 19 heavy (non-hydrogen) atoms. The Morgan fingerprint density at radius 1 is 1.26 bits per heavy atom. The first-order valence-corrected chi connectivity index (χ1v) is 5.43. The molecule has 0 atom stereocenters. The lowest BCUT2D eigenvalue weighted by Crippen LogP contribution is -2.05. The predicted octanol–water partition coefficient (Wildman–Crippen LogP) is 2.67. The molecule has 0 aliphatic heterocycles. The Labute approximate surface area is 107 Å². The SMILES string of the molecule is O=C(O)c1ccc(CNc2cc(F)ccc2F)nc1. The number of aromatic nitrogens is 1. The number of rotatable bonds is 4. The summed E-state index contributed by atoms with van der Waals surface area (Å²) >= 11 is 0. The Balaban J connectivity index is 2.06. The van der Waals surface area contributed by atoms with Crippen LogP contribution in [0.2, 0.25) is 0 Å². The van der Waals surface area contributed by atoms with Crippen molar-refractivity contribution in [3.63, 3.8) is 0 Å². The van der Waals surface area contributed by atoms with Crippen LogP contribution in [0.1, 0.15) is 16.1 Å². The lowest BCUT2D eigenvalue weighted by Gasteiger charge is -2.07. The zero-order valence-corrected chi connectivity index (χ0v) is 9.73. The third kappa shape index (κ3) is 3.25. The topological polar surface area (TPSA) is 62.2 Å². The molecular weight excluding hydrogens is 254 g/mol. The van der Waals surface area contributed by atoms with E-state index in [0.29, 0.717) is 5.69 Å². The number of pyridine rings is 1. The van der Waals surface area contributed by atoms with Crippen LogP contribution in [0.25, 0.3) is 0 Å². The van der Waals surface area contributed by atoms with Gasteiger partial charge in [-0.05, 0) is 30.3 Å². The second-order valence-corrected chi connectivity index (χ2v) is 3.82. The molecule has 0 saturated carbocycles. The molecule has 1 aromatic heterocycles. The maximum atomic E-state index is 13.3. The van der Waals surface area contributed by atoms with Gasteiger partial charge in [0.2, 0.25) is 0 Å². The molecule has 0 bridgehead atoms. The predicted molar refractivity (Wildman–Crippen MR) is 64.9 cm³/mol. The summed E-state index contributed by atoms with van der Waals surface area (Å²) in [6.45, 7) is 0.167. The van der Waals surface area contributed by atoms with E-state index in [1.165, 1.54) is 18.3 Å². The van der Waals surface area contributed by atoms with Gasteiger partial charge in [0, 0.05) is 6.20 Å². The lowest BCUT2D eigenvalue weighted by atomic mass is 10.2. The summed E-state index contributed by atoms with van der Waals surface area (Å²) in [4.78, 5) is 14.5. The molecule has 0 radical (unpaired) electrons. The maximum absolute atomic E-state index is 13.3. The number of anilines is 1. The summed E-state index contributed by atoms with van der Waals surface area (Å²) in [7, 11) is 0. The van der Waals surface area contributed by atoms with Crippen molar-refractivity contribution in [1.29, 1.82) is 0 Å². The van der Waals surface area contributed by atoms with Gasteiger partial charge >= 0.3 is 5.97 Å². The first-order chi connectivity index (χ1) is 9.06. The second kappa shape index (κ2) is 5.43. The van der Waals surface area contributed by atoms with E-state index < -0.39 is 17.6 Å². The van der Waals surface area contributed by atoms with E-state index in [0.717, 1.165) is 18.2 Å². The number of halogens is 2. The highest BCUT2D eigenvalue weighted by atomic mass is 19.1. The van der Waals surface area contributed by atoms with Gasteiger partial charge in [0.1, 0.15) is 11.6 Å². The first-order valence-electron chi connectivity index (χ1n) is 5.43. The van der Waals surface area contributed by atoms with Gasteiger partial charge in [0.15, 0.2) is 0 Å². The van der Waals surface area contributed by atoms with Crippen molar-refractivity contribution in [2.75, 3.05) is 5.32 Å². The number of aromatic carboxylic acids is 1. The molecule has 0 aliphatic rings. The van der Waals surface area contributed by atoms with Gasteiger partial charge in [-0.1, -0.05) is 0 Å². The first kappa shape index (κ1) is 12.9. The minimum atomic E-state index is -1.07. The van der Waals surface area contributed by atoms with Crippen molar-refractivity contribution in [3.8, 4) is 0 Å². The van der Waals surface area contributed by atoms with Crippen molar-refractivity contribution in [2.24, 2.45) is 0 Å². The van der Waals surface area contributed by atoms with E-state index in [1.807, 2.05) is 0 Å². The van der Waals surface area contributed by atoms with Crippen LogP contribution in [0.15, 0.2) is 36.5 Å². The Morgan fingerprint density at radius 3 is 2.68 bits per heavy atom. The number of carbonyl (C=O) groups is 1. The smallest absolute Gasteiger partial charge is 0.337 e. The monoisotopic (exact) mass is 264 g/mol. The van der Waals surface area contributed by atoms with Crippen LogP contribution in [0, 0.1) is 11.6 Å². The van der Waals surface area contributed by atoms with E-state index >= 15 is 0 Å². The van der Waals surface area contributed by atoms with E-state index in [4.69, 9.17) is 5.11 Å². The fourth-order valence-corrected chi connectivity index (χ4v) is 1.47. The van der Waals surface area contributed by atoms with E-state index in [9.17, 15) is 13.6 Å². The van der Waals surface area contributed by atoms with Crippen LogP contribution in [-0.2, 0) is 6.54 Å². The summed E-state index contributed by atoms with van der Waals surface area (Å²) in [5, 5.41) is 11.4. The standard InChI is InChI=1S/C13H10F2N2O2/c14-9-2-4-11(15)12(5-9)17-7-10-3-1-8(6-16-10)13(18)19/h1-6,17H,7H2,(H,18,19). The van der Waals surface area contributed by atoms with Crippen LogP contribution in [-0.4, -0.2) is 16.1 Å². The highest BCUT2D eigenvalue weighted by Crippen LogP contribution is 2.16. The Morgan fingerprint density at radius 2 is 2.05 bits per heavy atom. The van der Waals surface area contributed by atoms with E-state index in [1.54, 1.807) is 0 Å². The van der Waals surface area contributed by atoms with Crippen molar-refractivity contribution >= 4 is 11.7 Å². The number of carboxylic acid groups (broad SMARTS) is 1. The molecule has 6 heteroatoms. The van der Waals surface area contributed by atoms with Gasteiger partial charge in [0.25, 0.3) is 0 Å². The van der Waals surface area contributed by atoms with Crippen LogP contribution < -0.4 is 5.32 Å². The molecular formula is C13H10F2N2O2. The normalized spacial score (nSPS) is 10.2. The fraction of sp³-hybridized carbons (Fsp3) is 0.0769. The highest BCUT2D eigenvalue weighted by Gasteiger charge is 2.05. The number of nitrogens with one attached hydrogen (secondary N) is 1. The number of nitrogens with zero attached hydrogens (tertiary/aromatic N) is 1. The molecule has 1 aromatic carbocycles. The summed E-state index contributed by atoms with van der Waals surface area (Å²) in [5.74, 6) is -2.18. The second-order valence-electron chi connectivity index (χ2n) is 3.82. The van der Waals surface area contributed by atoms with Crippen LogP contribution in [0.5, 0.6) is 0 Å². The van der Waals surface area contributed by atoms with Crippen LogP contribution in [0.4, 0.5) is 14.5 Å². The Kier molecular flexibility index (Phi) is 3.70. The molecule has 0 spiro atoms. The average Bonchev–Trinajstić information content (AvgIpc) is 2.40. The van der Waals surface area contributed by atoms with Gasteiger partial charge in [-0.2, -0.15) is 0 Å². The molecule has 2 rings (SSSR count). The largest absolute Gasteiger partial charge is 0.478 e. The van der Waals surface area contributed by atoms with Gasteiger partial charge in [-0.25, -0.2) is 13.6 Å². The van der Waals surface area contributed by atoms with Crippen molar-refractivity contribution in [2.45, 2.75) is 6.54 Å². The van der Waals surface area contributed by atoms with Crippen molar-refractivity contribution < 1.29 is 18.7 Å². The number of carboxylic acids is 1. The van der Waals surface area contributed by atoms with E-state index in [2.05, 4.69) is 10.3 Å². The third-order valence-corrected chi connectivity index (χ3v) is 2.46. The summed E-state index contributed by atoms with van der Waals surface area (Å²) in [5.41, 5.74) is 0.624. The van der Waals surface area contributed by atoms with Crippen molar-refractivity contribution in [3.05, 3.63) is 59.4 Å². The number of hydrogen-bond donors (Lipinski definition) is 2. The molecule has 2 aromatic rings. The summed E-state index contributed by atoms with van der Waals surface area (Å²) in [6.07, 6.45) is 1.21. The maximum Gasteiger partial charge on any atom is 0.337 e. The Bertz CT molecular complexity index is 600. The minimum absolute atomic E-state index is 0.0316. The molecule has 1 heterocycles. The average molecular weight is 264 g/mol. The molecule has 0 fully saturated rings. The van der Waals surface area contributed by atoms with Gasteiger partial charge in [0.05, 0.1) is 23.5 Å². The van der Waals surface area contributed by atoms with Crippen LogP contribution >= 0.6 is 0 Å². The Hall–Kier alpha value is -2.50. The molecule has 0 unspecified atom stereocenters. The quantitative estimate of drug-likeness (QED) is 0.891. The molecule has 4 nitrogen and oxygen atoms in total. The van der Waals surface area contributed by atoms with Gasteiger partial charge < -0.3 is 10.4 Å². The molecule has 0 amide bonds. The number of benzene rings is 1. The van der Waals surface area contributed by atoms with Gasteiger partial charge in [-0.3, -0.25) is 4.98 Å². The molecule has 0 aliphatic carbocycles. The van der Waals surface area contributed by atoms with Crippen molar-refractivity contribution in [1.82, 2.24) is 4.98 Å². The molecule has 2 N–H and O–H groups in total. The third-order valence-electron chi connectivity index (χ3n) is 2.46.